The number of hydrogen-bond acceptors (Lipinski definition) is 9. The molecule has 4 atom stereocenters. The van der Waals surface area contributed by atoms with Gasteiger partial charge in [0.05, 0.1) is 18.1 Å². The second-order valence-corrected chi connectivity index (χ2v) is 14.3. The molecule has 254 valence electrons. The number of nitrogens with one attached hydrogen (secondary N) is 3. The van der Waals surface area contributed by atoms with Gasteiger partial charge >= 0.3 is 0 Å². The number of aromatic nitrogens is 2. The van der Waals surface area contributed by atoms with Crippen LogP contribution in [0.5, 0.6) is 0 Å². The largest absolute Gasteiger partial charge is 0.351 e. The number of benzene rings is 1. The number of nitrogens with two attached hydrogens (primary N) is 1. The average molecular weight is 682 g/mol. The van der Waals surface area contributed by atoms with Gasteiger partial charge < -0.3 is 26.6 Å². The van der Waals surface area contributed by atoms with Crippen molar-refractivity contribution in [1.82, 2.24) is 30.8 Å². The van der Waals surface area contributed by atoms with Crippen molar-refractivity contribution in [1.29, 1.82) is 0 Å². The van der Waals surface area contributed by atoms with Crippen LogP contribution in [0.4, 0.5) is 0 Å². The fourth-order valence-electron chi connectivity index (χ4n) is 5.38. The van der Waals surface area contributed by atoms with Crippen molar-refractivity contribution in [2.24, 2.45) is 17.6 Å². The normalized spacial score (nSPS) is 20.0. The lowest BCUT2D eigenvalue weighted by atomic mass is 9.98. The molecule has 0 aliphatic carbocycles. The Morgan fingerprint density at radius 3 is 2.23 bits per heavy atom. The van der Waals surface area contributed by atoms with Crippen molar-refractivity contribution in [3.05, 3.63) is 68.1 Å². The maximum Gasteiger partial charge on any atom is 0.271 e. The van der Waals surface area contributed by atoms with Crippen molar-refractivity contribution in [2.75, 3.05) is 19.6 Å². The molecule has 3 aromatic rings. The van der Waals surface area contributed by atoms with Crippen LogP contribution in [0.1, 0.15) is 108 Å². The van der Waals surface area contributed by atoms with Gasteiger partial charge in [-0.1, -0.05) is 64.4 Å². The van der Waals surface area contributed by atoms with Crippen LogP contribution < -0.4 is 21.7 Å². The lowest BCUT2D eigenvalue weighted by molar-refractivity contribution is -0.134. The Bertz CT molecular complexity index is 1490. The number of rotatable bonds is 7. The smallest absolute Gasteiger partial charge is 0.271 e. The molecule has 47 heavy (non-hydrogen) atoms. The van der Waals surface area contributed by atoms with Crippen molar-refractivity contribution in [3.8, 4) is 0 Å². The number of nitrogens with zero attached hydrogens (tertiary/aromatic N) is 3. The molecule has 0 unspecified atom stereocenters. The first kappa shape index (κ1) is 36.2. The number of fused-ring (bicyclic) bond motifs is 4. The van der Waals surface area contributed by atoms with Crippen LogP contribution in [0.25, 0.3) is 0 Å². The van der Waals surface area contributed by atoms with Gasteiger partial charge in [-0.25, -0.2) is 9.97 Å². The van der Waals surface area contributed by atoms with Gasteiger partial charge in [0, 0.05) is 36.8 Å². The molecule has 4 amide bonds. The van der Waals surface area contributed by atoms with Crippen molar-refractivity contribution in [2.45, 2.75) is 84.3 Å². The van der Waals surface area contributed by atoms with E-state index in [9.17, 15) is 19.2 Å². The van der Waals surface area contributed by atoms with Gasteiger partial charge in [0.2, 0.25) is 11.8 Å². The monoisotopic (exact) mass is 681 g/mol. The van der Waals surface area contributed by atoms with Crippen LogP contribution in [-0.2, 0) is 16.0 Å². The van der Waals surface area contributed by atoms with Gasteiger partial charge in [0.1, 0.15) is 21.4 Å². The molecule has 2 aromatic heterocycles. The minimum absolute atomic E-state index is 0.0153. The van der Waals surface area contributed by atoms with Gasteiger partial charge in [0.25, 0.3) is 11.8 Å². The van der Waals surface area contributed by atoms with E-state index in [-0.39, 0.29) is 59.3 Å². The molecule has 0 fully saturated rings. The van der Waals surface area contributed by atoms with E-state index in [0.717, 1.165) is 12.0 Å². The van der Waals surface area contributed by atoms with Gasteiger partial charge in [-0.3, -0.25) is 19.2 Å². The highest BCUT2D eigenvalue weighted by Crippen LogP contribution is 2.27. The molecule has 13 heteroatoms. The molecular formula is C34H47N7O4S2. The van der Waals surface area contributed by atoms with E-state index in [1.165, 1.54) is 22.7 Å². The third-order valence-electron chi connectivity index (χ3n) is 8.31. The van der Waals surface area contributed by atoms with E-state index in [1.54, 1.807) is 15.7 Å². The molecular weight excluding hydrogens is 635 g/mol. The zero-order chi connectivity index (χ0) is 33.9. The van der Waals surface area contributed by atoms with Crippen molar-refractivity contribution >= 4 is 46.3 Å². The summed E-state index contributed by atoms with van der Waals surface area (Å²) in [5.41, 5.74) is 7.86. The van der Waals surface area contributed by atoms with Crippen LogP contribution in [0.15, 0.2) is 41.1 Å². The highest BCUT2D eigenvalue weighted by molar-refractivity contribution is 7.10. The Kier molecular flexibility index (Phi) is 13.4. The van der Waals surface area contributed by atoms with E-state index in [4.69, 9.17) is 5.73 Å². The lowest BCUT2D eigenvalue weighted by Gasteiger charge is -2.28. The lowest BCUT2D eigenvalue weighted by Crippen LogP contribution is -2.48. The molecule has 0 saturated heterocycles. The van der Waals surface area contributed by atoms with E-state index in [0.29, 0.717) is 55.3 Å². The van der Waals surface area contributed by atoms with Gasteiger partial charge in [-0.05, 0) is 43.1 Å². The van der Waals surface area contributed by atoms with Crippen molar-refractivity contribution < 1.29 is 19.2 Å². The molecule has 1 aromatic carbocycles. The zero-order valence-corrected chi connectivity index (χ0v) is 29.3. The molecule has 4 bridgehead atoms. The second kappa shape index (κ2) is 17.5. The molecule has 0 radical (unpaired) electrons. The number of hydrogen-bond donors (Lipinski definition) is 4. The summed E-state index contributed by atoms with van der Waals surface area (Å²) in [6, 6.07) is 8.30. The fraction of sp³-hybridized carbons (Fsp3) is 0.529. The maximum atomic E-state index is 13.5. The molecule has 5 N–H and O–H groups in total. The topological polar surface area (TPSA) is 159 Å². The second-order valence-electron chi connectivity index (χ2n) is 12.6. The number of thiazole rings is 2. The van der Waals surface area contributed by atoms with Crippen LogP contribution in [-0.4, -0.2) is 64.2 Å². The highest BCUT2D eigenvalue weighted by atomic mass is 32.1. The fourth-order valence-corrected chi connectivity index (χ4v) is 7.09. The van der Waals surface area contributed by atoms with Gasteiger partial charge in [-0.2, -0.15) is 0 Å². The molecule has 4 rings (SSSR count). The predicted molar refractivity (Wildman–Crippen MR) is 185 cm³/mol. The quantitative estimate of drug-likeness (QED) is 0.283. The summed E-state index contributed by atoms with van der Waals surface area (Å²) in [7, 11) is 0. The third-order valence-corrected chi connectivity index (χ3v) is 10.2. The Labute approximate surface area is 285 Å². The summed E-state index contributed by atoms with van der Waals surface area (Å²) < 4.78 is 0. The van der Waals surface area contributed by atoms with E-state index >= 15 is 0 Å². The predicted octanol–water partition coefficient (Wildman–Crippen LogP) is 4.63. The molecule has 0 saturated carbocycles. The first-order valence-electron chi connectivity index (χ1n) is 16.4. The van der Waals surface area contributed by atoms with Crippen LogP contribution in [0.2, 0.25) is 0 Å². The summed E-state index contributed by atoms with van der Waals surface area (Å²) in [6.45, 7) is 9.22. The summed E-state index contributed by atoms with van der Waals surface area (Å²) in [4.78, 5) is 64.1. The Morgan fingerprint density at radius 1 is 0.936 bits per heavy atom. The van der Waals surface area contributed by atoms with Crippen LogP contribution >= 0.6 is 22.7 Å². The average Bonchev–Trinajstić information content (AvgIpc) is 3.75. The molecule has 3 heterocycles. The Morgan fingerprint density at radius 2 is 1.57 bits per heavy atom. The van der Waals surface area contributed by atoms with E-state index in [1.807, 2.05) is 44.2 Å². The number of carbonyl (C=O) groups is 4. The summed E-state index contributed by atoms with van der Waals surface area (Å²) in [6.07, 6.45) is 3.11. The molecule has 1 aliphatic rings. The maximum absolute atomic E-state index is 13.5. The first-order chi connectivity index (χ1) is 22.5. The standard InChI is InChI=1S/C34H47N7O4S2/c1-5-22(4)29(35)34(45)41-15-9-13-28(42)37-24(17-21(2)3)32-40-27(20-47-32)31(44)38-25(18-23-11-7-6-8-12-23)33-39-26(19-46-33)30(43)36-14-10-16-41/h6-8,11-12,19-22,24-25,29H,5,9-10,13-18,35H2,1-4H3,(H,36,43)(H,37,42)(H,38,44)/t22-,24-,25-,29-/m0/s1. The number of carbonyl (C=O) groups excluding carboxylic acids is 4. The van der Waals surface area contributed by atoms with Crippen molar-refractivity contribution in [3.63, 3.8) is 0 Å². The van der Waals surface area contributed by atoms with Gasteiger partial charge in [0.15, 0.2) is 0 Å². The number of amides is 4. The summed E-state index contributed by atoms with van der Waals surface area (Å²) in [5, 5.41) is 13.8. The summed E-state index contributed by atoms with van der Waals surface area (Å²) >= 11 is 2.65. The zero-order valence-electron chi connectivity index (χ0n) is 27.7. The van der Waals surface area contributed by atoms with Crippen LogP contribution in [0.3, 0.4) is 0 Å². The van der Waals surface area contributed by atoms with E-state index in [2.05, 4.69) is 39.8 Å². The summed E-state index contributed by atoms with van der Waals surface area (Å²) in [5.74, 6) is -0.678. The molecule has 1 aliphatic heterocycles. The Balaban J connectivity index is 1.61. The SMILES string of the molecule is CC[C@H](C)[C@H](N)C(=O)N1CCCNC(=O)c2csc(n2)[C@H](Cc2ccccc2)NC(=O)c2csc(n2)[C@H](CC(C)C)NC(=O)CCC1. The third kappa shape index (κ3) is 10.4. The van der Waals surface area contributed by atoms with E-state index < -0.39 is 12.1 Å². The molecule has 11 nitrogen and oxygen atoms in total. The minimum Gasteiger partial charge on any atom is -0.351 e. The minimum atomic E-state index is -0.638. The van der Waals surface area contributed by atoms with Gasteiger partial charge in [-0.15, -0.1) is 22.7 Å². The highest BCUT2D eigenvalue weighted by Gasteiger charge is 2.27. The first-order valence-corrected chi connectivity index (χ1v) is 18.2. The Hall–Kier alpha value is -3.68. The molecule has 0 spiro atoms. The van der Waals surface area contributed by atoms with Crippen LogP contribution in [0, 0.1) is 11.8 Å².